The molecular weight excluding hydrogens is 290 g/mol. The summed E-state index contributed by atoms with van der Waals surface area (Å²) in [7, 11) is 0. The van der Waals surface area contributed by atoms with Gasteiger partial charge in [-0.3, -0.25) is 4.79 Å². The first kappa shape index (κ1) is 11.2. The molecule has 3 saturated heterocycles. The Labute approximate surface area is 115 Å². The lowest BCUT2D eigenvalue weighted by Gasteiger charge is -2.55. The molecule has 3 heteroatoms. The molecule has 1 atom stereocenters. The maximum atomic E-state index is 13.0. The maximum absolute atomic E-state index is 13.0. The molecule has 18 heavy (non-hydrogen) atoms. The van der Waals surface area contributed by atoms with Gasteiger partial charge in [0.1, 0.15) is 0 Å². The summed E-state index contributed by atoms with van der Waals surface area (Å²) in [4.78, 5) is 15.5. The summed E-state index contributed by atoms with van der Waals surface area (Å²) in [5, 5.41) is 0. The molecule has 1 spiro atoms. The van der Waals surface area contributed by atoms with Gasteiger partial charge in [0.15, 0.2) is 5.78 Å². The molecule has 94 valence electrons. The van der Waals surface area contributed by atoms with Crippen molar-refractivity contribution in [2.75, 3.05) is 19.6 Å². The number of hydrogen-bond acceptors (Lipinski definition) is 2. The molecule has 1 aliphatic carbocycles. The van der Waals surface area contributed by atoms with Gasteiger partial charge in [-0.05, 0) is 49.9 Å². The third-order valence-corrected chi connectivity index (χ3v) is 5.91. The molecule has 0 saturated carbocycles. The van der Waals surface area contributed by atoms with E-state index in [1.54, 1.807) is 0 Å². The van der Waals surface area contributed by atoms with E-state index >= 15 is 0 Å². The molecule has 0 aromatic heterocycles. The van der Waals surface area contributed by atoms with E-state index in [0.717, 1.165) is 48.9 Å². The lowest BCUT2D eigenvalue weighted by Crippen LogP contribution is -2.60. The Kier molecular flexibility index (Phi) is 2.28. The molecule has 0 amide bonds. The predicted molar refractivity (Wildman–Crippen MR) is 73.8 cm³/mol. The summed E-state index contributed by atoms with van der Waals surface area (Å²) >= 11 is 3.57. The van der Waals surface area contributed by atoms with E-state index in [1.807, 2.05) is 6.07 Å². The number of piperidine rings is 3. The number of rotatable bonds is 0. The van der Waals surface area contributed by atoms with Crippen LogP contribution >= 0.6 is 15.9 Å². The summed E-state index contributed by atoms with van der Waals surface area (Å²) in [6.07, 6.45) is 3.21. The number of carbonyl (C=O) groups excluding carboxylic acids is 1. The minimum atomic E-state index is -0.0361. The molecule has 1 unspecified atom stereocenters. The summed E-state index contributed by atoms with van der Waals surface area (Å²) in [5.41, 5.74) is 2.19. The smallest absolute Gasteiger partial charge is 0.170 e. The Hall–Kier alpha value is -0.670. The van der Waals surface area contributed by atoms with E-state index < -0.39 is 0 Å². The number of benzene rings is 1. The van der Waals surface area contributed by atoms with Crippen molar-refractivity contribution in [3.63, 3.8) is 0 Å². The second-order valence-electron chi connectivity index (χ2n) is 5.96. The van der Waals surface area contributed by atoms with Gasteiger partial charge in [0, 0.05) is 22.0 Å². The van der Waals surface area contributed by atoms with Gasteiger partial charge < -0.3 is 4.90 Å². The minimum Gasteiger partial charge on any atom is -0.303 e. The fraction of sp³-hybridized carbons (Fsp3) is 0.533. The minimum absolute atomic E-state index is 0.0361. The van der Waals surface area contributed by atoms with Crippen LogP contribution in [0.5, 0.6) is 0 Å². The topological polar surface area (TPSA) is 20.3 Å². The molecule has 0 N–H and O–H groups in total. The van der Waals surface area contributed by atoms with Crippen LogP contribution in [0.4, 0.5) is 0 Å². The highest BCUT2D eigenvalue weighted by Gasteiger charge is 2.54. The summed E-state index contributed by atoms with van der Waals surface area (Å²) < 4.78 is 0.992. The van der Waals surface area contributed by atoms with Crippen LogP contribution in [0.15, 0.2) is 22.7 Å². The third kappa shape index (κ3) is 1.29. The van der Waals surface area contributed by atoms with Crippen molar-refractivity contribution < 1.29 is 4.79 Å². The number of nitrogens with zero attached hydrogens (tertiary/aromatic N) is 1. The Morgan fingerprint density at radius 3 is 2.83 bits per heavy atom. The number of carbonyl (C=O) groups is 1. The van der Waals surface area contributed by atoms with E-state index in [2.05, 4.69) is 33.0 Å². The van der Waals surface area contributed by atoms with Gasteiger partial charge in [-0.2, -0.15) is 0 Å². The van der Waals surface area contributed by atoms with Crippen LogP contribution in [-0.4, -0.2) is 30.3 Å². The Bertz CT molecular complexity index is 531. The molecule has 5 rings (SSSR count). The standard InChI is InChI=1S/C15H16BrNO/c16-12-3-1-2-10-8-11-9-17-6-4-15(11,5-7-17)14(18)13(10)12/h1-3,11H,4-9H2. The summed E-state index contributed by atoms with van der Waals surface area (Å²) in [5.74, 6) is 0.967. The molecule has 3 aliphatic heterocycles. The van der Waals surface area contributed by atoms with Crippen LogP contribution in [0.2, 0.25) is 0 Å². The number of hydrogen-bond donors (Lipinski definition) is 0. The molecule has 0 radical (unpaired) electrons. The van der Waals surface area contributed by atoms with Gasteiger partial charge in [-0.25, -0.2) is 0 Å². The SMILES string of the molecule is O=C1c2c(Br)cccc2CC2CN3CCC12CC3. The van der Waals surface area contributed by atoms with Crippen LogP contribution in [0, 0.1) is 11.3 Å². The van der Waals surface area contributed by atoms with Crippen LogP contribution < -0.4 is 0 Å². The monoisotopic (exact) mass is 305 g/mol. The number of Topliss-reactive ketones (excluding diaryl/α,β-unsaturated/α-hetero) is 1. The maximum Gasteiger partial charge on any atom is 0.170 e. The van der Waals surface area contributed by atoms with Crippen LogP contribution in [0.3, 0.4) is 0 Å². The highest BCUT2D eigenvalue weighted by molar-refractivity contribution is 9.10. The second kappa shape index (κ2) is 3.67. The van der Waals surface area contributed by atoms with Crippen LogP contribution in [0.25, 0.3) is 0 Å². The molecule has 4 aliphatic rings. The van der Waals surface area contributed by atoms with Crippen molar-refractivity contribution in [3.05, 3.63) is 33.8 Å². The zero-order chi connectivity index (χ0) is 12.3. The van der Waals surface area contributed by atoms with Gasteiger partial charge in [0.25, 0.3) is 0 Å². The first-order valence-corrected chi connectivity index (χ1v) is 7.54. The zero-order valence-electron chi connectivity index (χ0n) is 10.3. The van der Waals surface area contributed by atoms with Gasteiger partial charge in [0.05, 0.1) is 0 Å². The molecule has 3 fully saturated rings. The molecule has 1 aromatic carbocycles. The fourth-order valence-electron chi connectivity index (χ4n) is 4.21. The third-order valence-electron chi connectivity index (χ3n) is 5.25. The Balaban J connectivity index is 1.89. The molecule has 1 aromatic rings. The highest BCUT2D eigenvalue weighted by Crippen LogP contribution is 2.51. The van der Waals surface area contributed by atoms with Gasteiger partial charge in [0.2, 0.25) is 0 Å². The molecule has 2 nitrogen and oxygen atoms in total. The molecule has 3 heterocycles. The quantitative estimate of drug-likeness (QED) is 0.734. The number of fused-ring (bicyclic) bond motifs is 3. The molecule has 2 bridgehead atoms. The normalized spacial score (nSPS) is 37.3. The number of ketones is 1. The lowest BCUT2D eigenvalue weighted by molar-refractivity contribution is -0.0219. The lowest BCUT2D eigenvalue weighted by atomic mass is 9.56. The first-order chi connectivity index (χ1) is 8.71. The van der Waals surface area contributed by atoms with Crippen molar-refractivity contribution in [2.45, 2.75) is 19.3 Å². The van der Waals surface area contributed by atoms with Crippen molar-refractivity contribution in [3.8, 4) is 0 Å². The van der Waals surface area contributed by atoms with Crippen molar-refractivity contribution in [1.82, 2.24) is 4.90 Å². The van der Waals surface area contributed by atoms with Crippen LogP contribution in [-0.2, 0) is 6.42 Å². The summed E-state index contributed by atoms with van der Waals surface area (Å²) in [6, 6.07) is 6.18. The average Bonchev–Trinajstić information content (AvgIpc) is 2.39. The van der Waals surface area contributed by atoms with E-state index in [0.29, 0.717) is 11.7 Å². The van der Waals surface area contributed by atoms with Gasteiger partial charge >= 0.3 is 0 Å². The zero-order valence-corrected chi connectivity index (χ0v) is 11.9. The Morgan fingerprint density at radius 2 is 2.06 bits per heavy atom. The van der Waals surface area contributed by atoms with E-state index in [-0.39, 0.29) is 5.41 Å². The van der Waals surface area contributed by atoms with E-state index in [4.69, 9.17) is 0 Å². The molecular formula is C15H16BrNO. The van der Waals surface area contributed by atoms with Crippen molar-refractivity contribution in [1.29, 1.82) is 0 Å². The van der Waals surface area contributed by atoms with Gasteiger partial charge in [-0.15, -0.1) is 0 Å². The van der Waals surface area contributed by atoms with Crippen molar-refractivity contribution >= 4 is 21.7 Å². The summed E-state index contributed by atoms with van der Waals surface area (Å²) in [6.45, 7) is 3.35. The average molecular weight is 306 g/mol. The number of halogens is 1. The van der Waals surface area contributed by atoms with Gasteiger partial charge in [-0.1, -0.05) is 28.1 Å². The Morgan fingerprint density at radius 1 is 1.28 bits per heavy atom. The largest absolute Gasteiger partial charge is 0.303 e. The van der Waals surface area contributed by atoms with E-state index in [9.17, 15) is 4.79 Å². The predicted octanol–water partition coefficient (Wildman–Crippen LogP) is 2.90. The highest BCUT2D eigenvalue weighted by atomic mass is 79.9. The van der Waals surface area contributed by atoms with Crippen LogP contribution in [0.1, 0.15) is 28.8 Å². The second-order valence-corrected chi connectivity index (χ2v) is 6.82. The fourth-order valence-corrected chi connectivity index (χ4v) is 4.80. The first-order valence-electron chi connectivity index (χ1n) is 6.75. The van der Waals surface area contributed by atoms with Crippen molar-refractivity contribution in [2.24, 2.45) is 11.3 Å². The van der Waals surface area contributed by atoms with E-state index in [1.165, 1.54) is 5.56 Å².